The molecule has 3 rings (SSSR count). The van der Waals surface area contributed by atoms with Gasteiger partial charge in [0, 0.05) is 38.7 Å². The van der Waals surface area contributed by atoms with Crippen molar-refractivity contribution in [2.75, 3.05) is 39.9 Å². The lowest BCUT2D eigenvalue weighted by Crippen LogP contribution is -2.46. The molecule has 0 amide bonds. The first-order chi connectivity index (χ1) is 10.5. The van der Waals surface area contributed by atoms with Crippen LogP contribution in [0.4, 0.5) is 0 Å². The minimum absolute atomic E-state index is 0. The van der Waals surface area contributed by atoms with Crippen LogP contribution >= 0.6 is 24.0 Å². The van der Waals surface area contributed by atoms with Crippen molar-refractivity contribution < 1.29 is 4.74 Å². The van der Waals surface area contributed by atoms with Gasteiger partial charge in [-0.1, -0.05) is 26.7 Å². The SMILES string of the molecule is CN=C(NCC(C)(C)C1CCCC1)N1CCC2(CCOC2)C1.I. The summed E-state index contributed by atoms with van der Waals surface area (Å²) in [5, 5.41) is 3.67. The summed E-state index contributed by atoms with van der Waals surface area (Å²) >= 11 is 0. The number of rotatable bonds is 3. The quantitative estimate of drug-likeness (QED) is 0.419. The number of nitrogens with one attached hydrogen (secondary N) is 1. The van der Waals surface area contributed by atoms with Gasteiger partial charge in [-0.2, -0.15) is 0 Å². The van der Waals surface area contributed by atoms with E-state index < -0.39 is 0 Å². The molecule has 0 aromatic rings. The lowest BCUT2D eigenvalue weighted by atomic mass is 9.78. The van der Waals surface area contributed by atoms with E-state index in [1.54, 1.807) is 0 Å². The largest absolute Gasteiger partial charge is 0.381 e. The van der Waals surface area contributed by atoms with Crippen molar-refractivity contribution in [1.29, 1.82) is 0 Å². The van der Waals surface area contributed by atoms with Crippen LogP contribution in [0.25, 0.3) is 0 Å². The van der Waals surface area contributed by atoms with Crippen LogP contribution in [-0.2, 0) is 4.74 Å². The Kier molecular flexibility index (Phi) is 6.62. The van der Waals surface area contributed by atoms with Gasteiger partial charge in [0.2, 0.25) is 0 Å². The van der Waals surface area contributed by atoms with Gasteiger partial charge in [-0.3, -0.25) is 4.99 Å². The fourth-order valence-corrected chi connectivity index (χ4v) is 4.58. The number of likely N-dealkylation sites (tertiary alicyclic amines) is 1. The van der Waals surface area contributed by atoms with Crippen molar-refractivity contribution in [2.24, 2.45) is 21.7 Å². The van der Waals surface area contributed by atoms with E-state index in [0.29, 0.717) is 10.8 Å². The summed E-state index contributed by atoms with van der Waals surface area (Å²) in [5.41, 5.74) is 0.763. The second-order valence-electron chi connectivity index (χ2n) is 8.34. The minimum atomic E-state index is 0. The molecular weight excluding hydrogens is 401 g/mol. The third-order valence-corrected chi connectivity index (χ3v) is 6.30. The molecule has 0 aromatic carbocycles. The third kappa shape index (κ3) is 4.33. The van der Waals surface area contributed by atoms with Crippen LogP contribution in [-0.4, -0.2) is 50.8 Å². The molecule has 3 fully saturated rings. The Hall–Kier alpha value is -0.0400. The molecule has 1 unspecified atom stereocenters. The van der Waals surface area contributed by atoms with E-state index >= 15 is 0 Å². The van der Waals surface area contributed by atoms with Gasteiger partial charge in [-0.15, -0.1) is 24.0 Å². The highest BCUT2D eigenvalue weighted by Crippen LogP contribution is 2.40. The second kappa shape index (κ2) is 7.89. The number of nitrogens with zero attached hydrogens (tertiary/aromatic N) is 2. The Labute approximate surface area is 158 Å². The Morgan fingerprint density at radius 3 is 2.65 bits per heavy atom. The maximum absolute atomic E-state index is 5.64. The smallest absolute Gasteiger partial charge is 0.193 e. The molecule has 0 aromatic heterocycles. The van der Waals surface area contributed by atoms with Crippen LogP contribution in [0.3, 0.4) is 0 Å². The minimum Gasteiger partial charge on any atom is -0.381 e. The van der Waals surface area contributed by atoms with Crippen LogP contribution in [0, 0.1) is 16.7 Å². The molecule has 2 heterocycles. The van der Waals surface area contributed by atoms with Crippen molar-refractivity contribution in [3.8, 4) is 0 Å². The molecule has 1 N–H and O–H groups in total. The van der Waals surface area contributed by atoms with E-state index in [-0.39, 0.29) is 24.0 Å². The van der Waals surface area contributed by atoms with E-state index in [0.717, 1.165) is 44.7 Å². The Morgan fingerprint density at radius 2 is 2.04 bits per heavy atom. The van der Waals surface area contributed by atoms with E-state index in [9.17, 15) is 0 Å². The average Bonchev–Trinajstić information content (AvgIpc) is 3.24. The highest BCUT2D eigenvalue weighted by atomic mass is 127. The molecule has 2 saturated heterocycles. The summed E-state index contributed by atoms with van der Waals surface area (Å²) < 4.78 is 5.64. The molecule has 23 heavy (non-hydrogen) atoms. The summed E-state index contributed by atoms with van der Waals surface area (Å²) in [5.74, 6) is 1.96. The molecule has 5 heteroatoms. The first kappa shape index (κ1) is 19.3. The van der Waals surface area contributed by atoms with E-state index in [4.69, 9.17) is 4.74 Å². The van der Waals surface area contributed by atoms with Crippen LogP contribution < -0.4 is 5.32 Å². The van der Waals surface area contributed by atoms with Gasteiger partial charge < -0.3 is 15.0 Å². The van der Waals surface area contributed by atoms with Gasteiger partial charge in [-0.05, 0) is 37.0 Å². The van der Waals surface area contributed by atoms with Crippen LogP contribution in [0.1, 0.15) is 52.4 Å². The zero-order chi connectivity index (χ0) is 15.6. The summed E-state index contributed by atoms with van der Waals surface area (Å²) in [4.78, 5) is 6.99. The molecule has 0 radical (unpaired) electrons. The Balaban J connectivity index is 0.00000192. The van der Waals surface area contributed by atoms with Crippen molar-refractivity contribution in [3.63, 3.8) is 0 Å². The molecule has 134 valence electrons. The predicted octanol–water partition coefficient (Wildman–Crippen LogP) is 3.51. The van der Waals surface area contributed by atoms with Gasteiger partial charge in [0.1, 0.15) is 0 Å². The maximum Gasteiger partial charge on any atom is 0.193 e. The molecule has 3 aliphatic rings. The lowest BCUT2D eigenvalue weighted by molar-refractivity contribution is 0.156. The fraction of sp³-hybridized carbons (Fsp3) is 0.944. The summed E-state index contributed by atoms with van der Waals surface area (Å²) in [7, 11) is 1.92. The zero-order valence-electron chi connectivity index (χ0n) is 15.1. The van der Waals surface area contributed by atoms with E-state index in [1.165, 1.54) is 38.5 Å². The second-order valence-corrected chi connectivity index (χ2v) is 8.34. The predicted molar refractivity (Wildman–Crippen MR) is 107 cm³/mol. The van der Waals surface area contributed by atoms with Crippen LogP contribution in [0.5, 0.6) is 0 Å². The number of ether oxygens (including phenoxy) is 1. The number of hydrogen-bond acceptors (Lipinski definition) is 2. The summed E-state index contributed by atoms with van der Waals surface area (Å²) in [6.07, 6.45) is 8.09. The number of guanidine groups is 1. The van der Waals surface area contributed by atoms with Crippen molar-refractivity contribution in [3.05, 3.63) is 0 Å². The lowest BCUT2D eigenvalue weighted by Gasteiger charge is -2.34. The zero-order valence-corrected chi connectivity index (χ0v) is 17.4. The first-order valence-corrected chi connectivity index (χ1v) is 9.08. The normalized spacial score (nSPS) is 29.3. The van der Waals surface area contributed by atoms with Gasteiger partial charge >= 0.3 is 0 Å². The summed E-state index contributed by atoms with van der Waals surface area (Å²) in [6.45, 7) is 9.97. The van der Waals surface area contributed by atoms with Gasteiger partial charge in [0.15, 0.2) is 5.96 Å². The fourth-order valence-electron chi connectivity index (χ4n) is 4.58. The number of halogens is 1. The van der Waals surface area contributed by atoms with Crippen molar-refractivity contribution >= 4 is 29.9 Å². The molecule has 1 spiro atoms. The molecule has 1 saturated carbocycles. The molecule has 1 aliphatic carbocycles. The molecule has 1 atom stereocenters. The molecule has 2 aliphatic heterocycles. The number of aliphatic imine (C=N–C) groups is 1. The van der Waals surface area contributed by atoms with Crippen molar-refractivity contribution in [1.82, 2.24) is 10.2 Å². The summed E-state index contributed by atoms with van der Waals surface area (Å²) in [6, 6.07) is 0. The highest BCUT2D eigenvalue weighted by molar-refractivity contribution is 14.0. The first-order valence-electron chi connectivity index (χ1n) is 9.08. The standard InChI is InChI=1S/C18H33N3O.HI/c1-17(2,15-6-4-5-7-15)12-20-16(19-3)21-10-8-18(13-21)9-11-22-14-18;/h15H,4-14H2,1-3H3,(H,19,20);1H. The third-order valence-electron chi connectivity index (χ3n) is 6.30. The Morgan fingerprint density at radius 1 is 1.30 bits per heavy atom. The van der Waals surface area contributed by atoms with Gasteiger partial charge in [0.05, 0.1) is 6.61 Å². The topological polar surface area (TPSA) is 36.9 Å². The van der Waals surface area contributed by atoms with Crippen LogP contribution in [0.15, 0.2) is 4.99 Å². The molecular formula is C18H34IN3O. The van der Waals surface area contributed by atoms with Crippen molar-refractivity contribution in [2.45, 2.75) is 52.4 Å². The van der Waals surface area contributed by atoms with E-state index in [2.05, 4.69) is 29.1 Å². The number of hydrogen-bond donors (Lipinski definition) is 1. The monoisotopic (exact) mass is 435 g/mol. The average molecular weight is 435 g/mol. The van der Waals surface area contributed by atoms with Gasteiger partial charge in [0.25, 0.3) is 0 Å². The van der Waals surface area contributed by atoms with Crippen LogP contribution in [0.2, 0.25) is 0 Å². The Bertz CT molecular complexity index is 412. The molecule has 0 bridgehead atoms. The molecule has 4 nitrogen and oxygen atoms in total. The highest BCUT2D eigenvalue weighted by Gasteiger charge is 2.42. The van der Waals surface area contributed by atoms with E-state index in [1.807, 2.05) is 7.05 Å². The van der Waals surface area contributed by atoms with Gasteiger partial charge in [-0.25, -0.2) is 0 Å². The maximum atomic E-state index is 5.64.